The first-order valence-corrected chi connectivity index (χ1v) is 8.06. The largest absolute Gasteiger partial charge is 0.424 e. The van der Waals surface area contributed by atoms with Gasteiger partial charge in [-0.15, -0.1) is 10.2 Å². The van der Waals surface area contributed by atoms with Crippen LogP contribution in [0, 0.1) is 0 Å². The SMILES string of the molecule is CC(=O)OC1=C(c2ccccc2)/N=N/C(c2ccccc2)=C(Cl)/C=C\1. The molecule has 0 fully saturated rings. The van der Waals surface area contributed by atoms with Crippen molar-refractivity contribution >= 4 is 29.0 Å². The predicted octanol–water partition coefficient (Wildman–Crippen LogP) is 5.55. The van der Waals surface area contributed by atoms with Gasteiger partial charge in [0.1, 0.15) is 11.4 Å². The molecule has 0 unspecified atom stereocenters. The Bertz CT molecular complexity index is 898. The number of azo groups is 1. The van der Waals surface area contributed by atoms with Crippen molar-refractivity contribution in [2.24, 2.45) is 10.2 Å². The van der Waals surface area contributed by atoms with Crippen LogP contribution in [0.25, 0.3) is 11.4 Å². The van der Waals surface area contributed by atoms with Gasteiger partial charge >= 0.3 is 5.97 Å². The van der Waals surface area contributed by atoms with Crippen LogP contribution >= 0.6 is 11.6 Å². The second kappa shape index (κ2) is 7.73. The Labute approximate surface area is 150 Å². The van der Waals surface area contributed by atoms with E-state index in [0.29, 0.717) is 22.2 Å². The first-order valence-electron chi connectivity index (χ1n) is 7.68. The minimum Gasteiger partial charge on any atom is -0.424 e. The number of esters is 1. The summed E-state index contributed by atoms with van der Waals surface area (Å²) < 4.78 is 5.30. The molecule has 0 spiro atoms. The lowest BCUT2D eigenvalue weighted by atomic mass is 10.1. The Balaban J connectivity index is 2.11. The summed E-state index contributed by atoms with van der Waals surface area (Å²) >= 11 is 6.37. The van der Waals surface area contributed by atoms with E-state index in [1.807, 2.05) is 60.7 Å². The maximum atomic E-state index is 11.4. The fourth-order valence-corrected chi connectivity index (χ4v) is 2.54. The van der Waals surface area contributed by atoms with E-state index in [0.717, 1.165) is 11.1 Å². The molecule has 2 aromatic carbocycles. The average molecular weight is 351 g/mol. The minimum absolute atomic E-state index is 0.299. The van der Waals surface area contributed by atoms with Crippen molar-refractivity contribution in [3.63, 3.8) is 0 Å². The minimum atomic E-state index is -0.438. The number of hydrogen-bond acceptors (Lipinski definition) is 4. The maximum Gasteiger partial charge on any atom is 0.308 e. The van der Waals surface area contributed by atoms with Crippen molar-refractivity contribution in [1.29, 1.82) is 0 Å². The fraction of sp³-hybridized carbons (Fsp3) is 0.0500. The molecular weight excluding hydrogens is 336 g/mol. The zero-order valence-electron chi connectivity index (χ0n) is 13.5. The van der Waals surface area contributed by atoms with Gasteiger partial charge in [0.15, 0.2) is 5.76 Å². The molecule has 124 valence electrons. The molecule has 1 aliphatic heterocycles. The van der Waals surface area contributed by atoms with Crippen LogP contribution in [0.3, 0.4) is 0 Å². The second-order valence-corrected chi connectivity index (χ2v) is 5.68. The number of rotatable bonds is 3. The van der Waals surface area contributed by atoms with E-state index < -0.39 is 5.97 Å². The van der Waals surface area contributed by atoms with Crippen LogP contribution in [-0.4, -0.2) is 5.97 Å². The molecule has 0 aromatic heterocycles. The summed E-state index contributed by atoms with van der Waals surface area (Å²) in [6.07, 6.45) is 3.29. The molecule has 5 heteroatoms. The highest BCUT2D eigenvalue weighted by Crippen LogP contribution is 2.31. The van der Waals surface area contributed by atoms with Crippen molar-refractivity contribution in [2.45, 2.75) is 6.92 Å². The number of halogens is 1. The van der Waals surface area contributed by atoms with Crippen molar-refractivity contribution < 1.29 is 9.53 Å². The standard InChI is InChI=1S/C20H15ClN2O2/c1-14(24)25-18-13-12-17(21)19(15-8-4-2-5-9-15)22-23-20(18)16-10-6-3-7-11-16/h2-13H,1H3/b13-12-,17-12?,18-13?,19-17-,20-18+,22-19?,23-20?,23-22+. The van der Waals surface area contributed by atoms with Crippen LogP contribution in [0.15, 0.2) is 93.8 Å². The third kappa shape index (κ3) is 4.11. The van der Waals surface area contributed by atoms with Crippen molar-refractivity contribution in [3.05, 3.63) is 94.7 Å². The Morgan fingerprint density at radius 1 is 0.840 bits per heavy atom. The molecule has 0 saturated heterocycles. The number of ether oxygens (including phenoxy) is 1. The number of carbonyl (C=O) groups excluding carboxylic acids is 1. The lowest BCUT2D eigenvalue weighted by Crippen LogP contribution is -2.01. The predicted molar refractivity (Wildman–Crippen MR) is 98.3 cm³/mol. The van der Waals surface area contributed by atoms with Gasteiger partial charge in [-0.1, -0.05) is 72.3 Å². The molecular formula is C20H15ClN2O2. The smallest absolute Gasteiger partial charge is 0.308 e. The highest BCUT2D eigenvalue weighted by atomic mass is 35.5. The maximum absolute atomic E-state index is 11.4. The first kappa shape index (κ1) is 16.9. The Morgan fingerprint density at radius 2 is 1.36 bits per heavy atom. The molecule has 2 aromatic rings. The zero-order chi connectivity index (χ0) is 17.6. The highest BCUT2D eigenvalue weighted by Gasteiger charge is 2.15. The van der Waals surface area contributed by atoms with E-state index in [9.17, 15) is 4.79 Å². The van der Waals surface area contributed by atoms with E-state index >= 15 is 0 Å². The molecule has 0 atom stereocenters. The van der Waals surface area contributed by atoms with Gasteiger partial charge in [-0.05, 0) is 12.2 Å². The van der Waals surface area contributed by atoms with Crippen molar-refractivity contribution in [2.75, 3.05) is 0 Å². The van der Waals surface area contributed by atoms with Gasteiger partial charge in [-0.2, -0.15) is 0 Å². The van der Waals surface area contributed by atoms with Crippen LogP contribution < -0.4 is 0 Å². The van der Waals surface area contributed by atoms with Gasteiger partial charge in [-0.25, -0.2) is 0 Å². The molecule has 25 heavy (non-hydrogen) atoms. The monoisotopic (exact) mass is 350 g/mol. The number of hydrogen-bond donors (Lipinski definition) is 0. The summed E-state index contributed by atoms with van der Waals surface area (Å²) in [6.45, 7) is 1.34. The van der Waals surface area contributed by atoms with E-state index in [4.69, 9.17) is 16.3 Å². The molecule has 0 N–H and O–H groups in total. The molecule has 4 nitrogen and oxygen atoms in total. The lowest BCUT2D eigenvalue weighted by molar-refractivity contribution is -0.136. The Hall–Kier alpha value is -2.98. The van der Waals surface area contributed by atoms with Crippen molar-refractivity contribution in [1.82, 2.24) is 0 Å². The average Bonchev–Trinajstić information content (AvgIpc) is 2.62. The van der Waals surface area contributed by atoms with Crippen LogP contribution in [0.4, 0.5) is 0 Å². The van der Waals surface area contributed by atoms with Crippen LogP contribution in [0.5, 0.6) is 0 Å². The number of carbonyl (C=O) groups is 1. The topological polar surface area (TPSA) is 51.0 Å². The molecule has 0 bridgehead atoms. The van der Waals surface area contributed by atoms with E-state index in [2.05, 4.69) is 10.2 Å². The van der Waals surface area contributed by atoms with Crippen LogP contribution in [0.2, 0.25) is 0 Å². The highest BCUT2D eigenvalue weighted by molar-refractivity contribution is 6.34. The molecule has 0 saturated carbocycles. The molecule has 0 amide bonds. The third-order valence-corrected chi connectivity index (χ3v) is 3.74. The van der Waals surface area contributed by atoms with Crippen LogP contribution in [-0.2, 0) is 9.53 Å². The number of allylic oxidation sites excluding steroid dienone is 3. The summed E-state index contributed by atoms with van der Waals surface area (Å²) in [5.41, 5.74) is 2.65. The van der Waals surface area contributed by atoms with Gasteiger partial charge in [-0.3, -0.25) is 4.79 Å². The van der Waals surface area contributed by atoms with Gasteiger partial charge in [0.05, 0.1) is 5.03 Å². The number of benzene rings is 2. The Kier molecular flexibility index (Phi) is 5.21. The molecule has 0 aliphatic carbocycles. The molecule has 1 aliphatic rings. The summed E-state index contributed by atoms with van der Waals surface area (Å²) in [7, 11) is 0. The van der Waals surface area contributed by atoms with Gasteiger partial charge in [0, 0.05) is 18.1 Å². The molecule has 3 rings (SSSR count). The summed E-state index contributed by atoms with van der Waals surface area (Å²) in [6, 6.07) is 19.0. The second-order valence-electron chi connectivity index (χ2n) is 5.27. The summed E-state index contributed by atoms with van der Waals surface area (Å²) in [5, 5.41) is 9.06. The van der Waals surface area contributed by atoms with Gasteiger partial charge in [0.25, 0.3) is 0 Å². The molecule has 0 radical (unpaired) electrons. The first-order chi connectivity index (χ1) is 12.1. The van der Waals surface area contributed by atoms with Crippen molar-refractivity contribution in [3.8, 4) is 0 Å². The van der Waals surface area contributed by atoms with E-state index in [-0.39, 0.29) is 0 Å². The van der Waals surface area contributed by atoms with E-state index in [1.165, 1.54) is 6.92 Å². The van der Waals surface area contributed by atoms with Gasteiger partial charge in [0.2, 0.25) is 0 Å². The normalized spacial score (nSPS) is 22.6. The van der Waals surface area contributed by atoms with E-state index in [1.54, 1.807) is 12.2 Å². The van der Waals surface area contributed by atoms with Crippen LogP contribution in [0.1, 0.15) is 18.1 Å². The zero-order valence-corrected chi connectivity index (χ0v) is 14.3. The quantitative estimate of drug-likeness (QED) is 0.681. The fourth-order valence-electron chi connectivity index (χ4n) is 2.33. The summed E-state index contributed by atoms with van der Waals surface area (Å²) in [5.74, 6) is -0.139. The summed E-state index contributed by atoms with van der Waals surface area (Å²) in [4.78, 5) is 11.4. The Morgan fingerprint density at radius 3 is 1.92 bits per heavy atom. The van der Waals surface area contributed by atoms with Gasteiger partial charge < -0.3 is 4.74 Å². The number of nitrogens with zero attached hydrogens (tertiary/aromatic N) is 2. The third-order valence-electron chi connectivity index (χ3n) is 3.44. The molecule has 1 heterocycles. The lowest BCUT2D eigenvalue weighted by Gasteiger charge is -2.11.